The molecule has 4 nitrogen and oxygen atoms in total. The highest BCUT2D eigenvalue weighted by molar-refractivity contribution is 5.94. The van der Waals surface area contributed by atoms with Crippen molar-refractivity contribution in [1.82, 2.24) is 15.1 Å². The van der Waals surface area contributed by atoms with Gasteiger partial charge in [0.2, 0.25) is 0 Å². The number of halogens is 3. The Hall–Kier alpha value is -2.31. The zero-order chi connectivity index (χ0) is 14.0. The molecule has 2 rings (SSSR count). The van der Waals surface area contributed by atoms with E-state index >= 15 is 0 Å². The normalized spacial score (nSPS) is 10.5. The van der Waals surface area contributed by atoms with Gasteiger partial charge in [-0.2, -0.15) is 5.10 Å². The topological polar surface area (TPSA) is 49.0 Å². The van der Waals surface area contributed by atoms with Crippen LogP contribution < -0.4 is 0 Å². The molecular weight excluding hydrogens is 259 g/mol. The number of rotatable bonds is 3. The fraction of sp³-hybridized carbons (Fsp3) is 0.167. The summed E-state index contributed by atoms with van der Waals surface area (Å²) < 4.78 is 39.3. The van der Waals surface area contributed by atoms with Crippen molar-refractivity contribution in [2.24, 2.45) is 0 Å². The Kier molecular flexibility index (Phi) is 3.55. The van der Waals surface area contributed by atoms with Gasteiger partial charge in [-0.15, -0.1) is 0 Å². The first-order valence-electron chi connectivity index (χ1n) is 5.37. The van der Waals surface area contributed by atoms with Crippen LogP contribution in [0.4, 0.5) is 13.2 Å². The third kappa shape index (κ3) is 2.59. The van der Waals surface area contributed by atoms with Crippen LogP contribution in [0.5, 0.6) is 0 Å². The van der Waals surface area contributed by atoms with E-state index < -0.39 is 28.9 Å². The maximum absolute atomic E-state index is 13.5. The summed E-state index contributed by atoms with van der Waals surface area (Å²) in [4.78, 5) is 13.1. The van der Waals surface area contributed by atoms with E-state index in [0.717, 1.165) is 12.1 Å². The van der Waals surface area contributed by atoms with Gasteiger partial charge >= 0.3 is 0 Å². The van der Waals surface area contributed by atoms with E-state index in [0.29, 0.717) is 5.56 Å². The van der Waals surface area contributed by atoms with Gasteiger partial charge in [0.25, 0.3) is 5.91 Å². The molecule has 1 amide bonds. The first-order chi connectivity index (χ1) is 9.00. The van der Waals surface area contributed by atoms with Gasteiger partial charge in [-0.05, 0) is 12.1 Å². The van der Waals surface area contributed by atoms with Crippen molar-refractivity contribution in [2.75, 3.05) is 7.05 Å². The van der Waals surface area contributed by atoms with Crippen LogP contribution in [0.15, 0.2) is 24.5 Å². The number of carbonyl (C=O) groups is 1. The number of H-pyrrole nitrogens is 1. The molecular formula is C12H10F3N3O. The molecule has 0 unspecified atom stereocenters. The van der Waals surface area contributed by atoms with Crippen LogP contribution in [-0.4, -0.2) is 28.1 Å². The number of amides is 1. The molecule has 1 aromatic heterocycles. The quantitative estimate of drug-likeness (QED) is 0.867. The van der Waals surface area contributed by atoms with E-state index in [2.05, 4.69) is 10.2 Å². The molecule has 0 atom stereocenters. The third-order valence-electron chi connectivity index (χ3n) is 2.59. The van der Waals surface area contributed by atoms with Gasteiger partial charge in [0.15, 0.2) is 17.5 Å². The second-order valence-electron chi connectivity index (χ2n) is 3.99. The molecule has 0 bridgehead atoms. The Morgan fingerprint density at radius 3 is 2.68 bits per heavy atom. The lowest BCUT2D eigenvalue weighted by atomic mass is 10.1. The van der Waals surface area contributed by atoms with Gasteiger partial charge in [0.1, 0.15) is 0 Å². The summed E-state index contributed by atoms with van der Waals surface area (Å²) in [5.41, 5.74) is 0.198. The molecule has 0 saturated carbocycles. The van der Waals surface area contributed by atoms with Crippen molar-refractivity contribution in [1.29, 1.82) is 0 Å². The summed E-state index contributed by atoms with van der Waals surface area (Å²) in [5.74, 6) is -5.20. The summed E-state index contributed by atoms with van der Waals surface area (Å²) in [6.45, 7) is 0.174. The maximum Gasteiger partial charge on any atom is 0.256 e. The summed E-state index contributed by atoms with van der Waals surface area (Å²) >= 11 is 0. The summed E-state index contributed by atoms with van der Waals surface area (Å²) in [6, 6.07) is 1.64. The van der Waals surface area contributed by atoms with E-state index in [1.54, 1.807) is 6.20 Å². The average Bonchev–Trinajstić information content (AvgIpc) is 2.88. The molecule has 0 fully saturated rings. The van der Waals surface area contributed by atoms with Crippen molar-refractivity contribution in [3.8, 4) is 0 Å². The number of benzene rings is 1. The van der Waals surface area contributed by atoms with Crippen molar-refractivity contribution in [3.05, 3.63) is 53.1 Å². The summed E-state index contributed by atoms with van der Waals surface area (Å²) in [5, 5.41) is 6.27. The summed E-state index contributed by atoms with van der Waals surface area (Å²) in [7, 11) is 1.43. The van der Waals surface area contributed by atoms with Crippen LogP contribution in [0.1, 0.15) is 15.9 Å². The molecule has 0 spiro atoms. The standard InChI is InChI=1S/C12H10F3N3O/c1-18(6-7-4-16-17-5-7)12(19)8-2-3-9(13)11(15)10(8)14/h2-5H,6H2,1H3,(H,16,17). The minimum Gasteiger partial charge on any atom is -0.337 e. The number of aromatic amines is 1. The van der Waals surface area contributed by atoms with Gasteiger partial charge in [-0.3, -0.25) is 9.89 Å². The molecule has 1 N–H and O–H groups in total. The van der Waals surface area contributed by atoms with Crippen molar-refractivity contribution >= 4 is 5.91 Å². The van der Waals surface area contributed by atoms with Crippen LogP contribution >= 0.6 is 0 Å². The zero-order valence-electron chi connectivity index (χ0n) is 9.95. The van der Waals surface area contributed by atoms with Crippen LogP contribution in [0.25, 0.3) is 0 Å². The largest absolute Gasteiger partial charge is 0.337 e. The van der Waals surface area contributed by atoms with Gasteiger partial charge in [0.05, 0.1) is 11.8 Å². The number of carbonyl (C=O) groups excluding carboxylic acids is 1. The fourth-order valence-corrected chi connectivity index (χ4v) is 1.61. The molecule has 7 heteroatoms. The molecule has 0 aliphatic heterocycles. The number of nitrogens with zero attached hydrogens (tertiary/aromatic N) is 2. The van der Waals surface area contributed by atoms with Crippen LogP contribution in [-0.2, 0) is 6.54 Å². The number of aromatic nitrogens is 2. The first kappa shape index (κ1) is 13.1. The molecule has 1 heterocycles. The van der Waals surface area contributed by atoms with Crippen molar-refractivity contribution in [2.45, 2.75) is 6.54 Å². The number of nitrogens with one attached hydrogen (secondary N) is 1. The molecule has 100 valence electrons. The third-order valence-corrected chi connectivity index (χ3v) is 2.59. The van der Waals surface area contributed by atoms with Crippen molar-refractivity contribution < 1.29 is 18.0 Å². The smallest absolute Gasteiger partial charge is 0.256 e. The van der Waals surface area contributed by atoms with E-state index in [-0.39, 0.29) is 6.54 Å². The average molecular weight is 269 g/mol. The highest BCUT2D eigenvalue weighted by Gasteiger charge is 2.21. The number of hydrogen-bond donors (Lipinski definition) is 1. The van der Waals surface area contributed by atoms with Crippen LogP contribution in [0, 0.1) is 17.5 Å². The molecule has 0 radical (unpaired) electrons. The highest BCUT2D eigenvalue weighted by Crippen LogP contribution is 2.17. The Bertz CT molecular complexity index is 599. The van der Waals surface area contributed by atoms with Gasteiger partial charge in [-0.25, -0.2) is 13.2 Å². The minimum absolute atomic E-state index is 0.174. The minimum atomic E-state index is -1.65. The molecule has 0 aliphatic rings. The van der Waals surface area contributed by atoms with Crippen LogP contribution in [0.3, 0.4) is 0 Å². The van der Waals surface area contributed by atoms with Gasteiger partial charge < -0.3 is 4.90 Å². The van der Waals surface area contributed by atoms with E-state index in [1.165, 1.54) is 18.1 Å². The molecule has 1 aromatic carbocycles. The van der Waals surface area contributed by atoms with Gasteiger partial charge in [0, 0.05) is 25.4 Å². The molecule has 2 aromatic rings. The Labute approximate surface area is 106 Å². The van der Waals surface area contributed by atoms with E-state index in [4.69, 9.17) is 0 Å². The predicted molar refractivity (Wildman–Crippen MR) is 60.7 cm³/mol. The van der Waals surface area contributed by atoms with Crippen molar-refractivity contribution in [3.63, 3.8) is 0 Å². The van der Waals surface area contributed by atoms with Crippen LogP contribution in [0.2, 0.25) is 0 Å². The lowest BCUT2D eigenvalue weighted by Gasteiger charge is -2.16. The Morgan fingerprint density at radius 1 is 1.32 bits per heavy atom. The van der Waals surface area contributed by atoms with Gasteiger partial charge in [-0.1, -0.05) is 0 Å². The lowest BCUT2D eigenvalue weighted by Crippen LogP contribution is -2.27. The second kappa shape index (κ2) is 5.13. The molecule has 19 heavy (non-hydrogen) atoms. The SMILES string of the molecule is CN(Cc1cn[nH]c1)C(=O)c1ccc(F)c(F)c1F. The number of hydrogen-bond acceptors (Lipinski definition) is 2. The highest BCUT2D eigenvalue weighted by atomic mass is 19.2. The second-order valence-corrected chi connectivity index (χ2v) is 3.99. The molecule has 0 aliphatic carbocycles. The lowest BCUT2D eigenvalue weighted by molar-refractivity contribution is 0.0779. The fourth-order valence-electron chi connectivity index (χ4n) is 1.61. The summed E-state index contributed by atoms with van der Waals surface area (Å²) in [6.07, 6.45) is 3.08. The van der Waals surface area contributed by atoms with E-state index in [9.17, 15) is 18.0 Å². The first-order valence-corrected chi connectivity index (χ1v) is 5.37. The monoisotopic (exact) mass is 269 g/mol. The Morgan fingerprint density at radius 2 is 2.05 bits per heavy atom. The molecule has 0 saturated heterocycles. The zero-order valence-corrected chi connectivity index (χ0v) is 9.95. The maximum atomic E-state index is 13.5. The predicted octanol–water partition coefficient (Wildman–Crippen LogP) is 2.10. The van der Waals surface area contributed by atoms with E-state index in [1.807, 2.05) is 0 Å². The Balaban J connectivity index is 2.22.